The number of carboxylic acid groups (broad SMARTS) is 1. The molecule has 0 aliphatic carbocycles. The van der Waals surface area contributed by atoms with Crippen LogP contribution < -0.4 is 0 Å². The van der Waals surface area contributed by atoms with Crippen molar-refractivity contribution < 1.29 is 19.4 Å². The van der Waals surface area contributed by atoms with Gasteiger partial charge in [-0.3, -0.25) is 0 Å². The number of carboxylic acids is 1. The van der Waals surface area contributed by atoms with E-state index in [4.69, 9.17) is 4.74 Å². The van der Waals surface area contributed by atoms with Crippen LogP contribution in [0.3, 0.4) is 0 Å². The molecule has 0 saturated carbocycles. The van der Waals surface area contributed by atoms with Gasteiger partial charge in [0.2, 0.25) is 0 Å². The highest BCUT2D eigenvalue weighted by Gasteiger charge is 2.20. The van der Waals surface area contributed by atoms with Crippen LogP contribution in [-0.2, 0) is 4.74 Å². The molecular formula is C17H12O4. The van der Waals surface area contributed by atoms with E-state index >= 15 is 0 Å². The second-order valence-corrected chi connectivity index (χ2v) is 4.71. The summed E-state index contributed by atoms with van der Waals surface area (Å²) in [6.07, 6.45) is 0. The van der Waals surface area contributed by atoms with E-state index in [0.717, 1.165) is 16.2 Å². The largest absolute Gasteiger partial charge is 0.478 e. The van der Waals surface area contributed by atoms with Gasteiger partial charge in [-0.1, -0.05) is 30.3 Å². The highest BCUT2D eigenvalue weighted by atomic mass is 16.5. The lowest BCUT2D eigenvalue weighted by Crippen LogP contribution is -2.10. The Bertz CT molecular complexity index is 880. The van der Waals surface area contributed by atoms with E-state index in [1.165, 1.54) is 13.2 Å². The number of hydrogen-bond donors (Lipinski definition) is 1. The van der Waals surface area contributed by atoms with Crippen LogP contribution in [0.1, 0.15) is 20.7 Å². The minimum Gasteiger partial charge on any atom is -0.478 e. The molecule has 0 bridgehead atoms. The summed E-state index contributed by atoms with van der Waals surface area (Å²) >= 11 is 0. The molecule has 0 saturated heterocycles. The van der Waals surface area contributed by atoms with Crippen molar-refractivity contribution in [2.24, 2.45) is 0 Å². The molecule has 104 valence electrons. The average molecular weight is 280 g/mol. The summed E-state index contributed by atoms with van der Waals surface area (Å²) in [5.74, 6) is -1.79. The number of carbonyl (C=O) groups is 2. The van der Waals surface area contributed by atoms with Crippen LogP contribution in [0, 0.1) is 0 Å². The van der Waals surface area contributed by atoms with Crippen molar-refractivity contribution >= 4 is 33.5 Å². The van der Waals surface area contributed by atoms with Crippen molar-refractivity contribution in [3.63, 3.8) is 0 Å². The van der Waals surface area contributed by atoms with Crippen LogP contribution in [0.15, 0.2) is 48.5 Å². The summed E-state index contributed by atoms with van der Waals surface area (Å²) in [6.45, 7) is 0. The maximum absolute atomic E-state index is 12.0. The molecule has 3 rings (SSSR count). The number of esters is 1. The molecule has 3 aromatic rings. The molecule has 4 nitrogen and oxygen atoms in total. The van der Waals surface area contributed by atoms with Gasteiger partial charge in [-0.15, -0.1) is 0 Å². The third kappa shape index (κ3) is 2.10. The van der Waals surface area contributed by atoms with Crippen LogP contribution >= 0.6 is 0 Å². The Hall–Kier alpha value is -2.88. The molecule has 0 aliphatic heterocycles. The van der Waals surface area contributed by atoms with Crippen LogP contribution in [0.2, 0.25) is 0 Å². The Balaban J connectivity index is 2.45. The van der Waals surface area contributed by atoms with Crippen LogP contribution in [0.5, 0.6) is 0 Å². The Labute approximate surface area is 120 Å². The monoisotopic (exact) mass is 280 g/mol. The zero-order valence-electron chi connectivity index (χ0n) is 11.3. The number of benzene rings is 3. The fourth-order valence-electron chi connectivity index (χ4n) is 2.51. The highest BCUT2D eigenvalue weighted by Crippen LogP contribution is 2.28. The maximum Gasteiger partial charge on any atom is 0.339 e. The van der Waals surface area contributed by atoms with Crippen molar-refractivity contribution in [2.75, 3.05) is 7.11 Å². The van der Waals surface area contributed by atoms with Crippen LogP contribution in [0.4, 0.5) is 0 Å². The van der Waals surface area contributed by atoms with Crippen molar-refractivity contribution in [1.82, 2.24) is 0 Å². The van der Waals surface area contributed by atoms with E-state index in [9.17, 15) is 14.7 Å². The molecule has 0 amide bonds. The van der Waals surface area contributed by atoms with Gasteiger partial charge in [0.1, 0.15) is 0 Å². The van der Waals surface area contributed by atoms with Gasteiger partial charge < -0.3 is 9.84 Å². The Morgan fingerprint density at radius 3 is 2.24 bits per heavy atom. The second kappa shape index (κ2) is 4.90. The summed E-state index contributed by atoms with van der Waals surface area (Å²) in [5.41, 5.74) is 0.0397. The molecule has 0 aromatic heterocycles. The molecule has 0 aliphatic rings. The van der Waals surface area contributed by atoms with Gasteiger partial charge in [0.15, 0.2) is 0 Å². The Morgan fingerprint density at radius 1 is 0.952 bits per heavy atom. The van der Waals surface area contributed by atoms with E-state index in [1.54, 1.807) is 6.07 Å². The summed E-state index contributed by atoms with van der Waals surface area (Å²) in [4.78, 5) is 23.3. The van der Waals surface area contributed by atoms with Crippen LogP contribution in [-0.4, -0.2) is 24.2 Å². The number of fused-ring (bicyclic) bond motifs is 2. The predicted molar refractivity (Wildman–Crippen MR) is 79.8 cm³/mol. The molecule has 21 heavy (non-hydrogen) atoms. The van der Waals surface area contributed by atoms with Gasteiger partial charge in [0.05, 0.1) is 18.2 Å². The van der Waals surface area contributed by atoms with Crippen molar-refractivity contribution in [3.8, 4) is 0 Å². The van der Waals surface area contributed by atoms with E-state index in [-0.39, 0.29) is 11.1 Å². The number of rotatable bonds is 2. The second-order valence-electron chi connectivity index (χ2n) is 4.71. The van der Waals surface area contributed by atoms with E-state index in [2.05, 4.69) is 0 Å². The first-order chi connectivity index (χ1) is 10.1. The van der Waals surface area contributed by atoms with Gasteiger partial charge in [-0.25, -0.2) is 9.59 Å². The zero-order valence-corrected chi connectivity index (χ0v) is 11.3. The number of hydrogen-bond acceptors (Lipinski definition) is 3. The van der Waals surface area contributed by atoms with Gasteiger partial charge in [-0.05, 0) is 39.7 Å². The number of carbonyl (C=O) groups excluding carboxylic acids is 1. The summed E-state index contributed by atoms with van der Waals surface area (Å²) in [6, 6.07) is 14.6. The molecule has 0 fully saturated rings. The molecule has 0 heterocycles. The summed E-state index contributed by atoms with van der Waals surface area (Å²) in [7, 11) is 1.24. The van der Waals surface area contributed by atoms with Gasteiger partial charge >= 0.3 is 11.9 Å². The van der Waals surface area contributed by atoms with E-state index < -0.39 is 11.9 Å². The maximum atomic E-state index is 12.0. The molecule has 0 atom stereocenters. The van der Waals surface area contributed by atoms with Crippen molar-refractivity contribution in [2.45, 2.75) is 0 Å². The van der Waals surface area contributed by atoms with Gasteiger partial charge in [-0.2, -0.15) is 0 Å². The third-order valence-electron chi connectivity index (χ3n) is 3.51. The third-order valence-corrected chi connectivity index (χ3v) is 3.51. The number of aromatic carboxylic acids is 1. The Morgan fingerprint density at radius 2 is 1.62 bits per heavy atom. The van der Waals surface area contributed by atoms with Gasteiger partial charge in [0, 0.05) is 0 Å². The molecule has 3 aromatic carbocycles. The van der Waals surface area contributed by atoms with Crippen molar-refractivity contribution in [3.05, 3.63) is 59.7 Å². The average Bonchev–Trinajstić information content (AvgIpc) is 2.50. The lowest BCUT2D eigenvalue weighted by Gasteiger charge is -2.10. The first-order valence-electron chi connectivity index (χ1n) is 6.39. The lowest BCUT2D eigenvalue weighted by molar-refractivity contribution is 0.0585. The Kier molecular flexibility index (Phi) is 3.06. The fourth-order valence-corrected chi connectivity index (χ4v) is 2.51. The topological polar surface area (TPSA) is 63.6 Å². The van der Waals surface area contributed by atoms with Crippen LogP contribution in [0.25, 0.3) is 21.5 Å². The minimum absolute atomic E-state index is 0.0513. The summed E-state index contributed by atoms with van der Waals surface area (Å²) in [5, 5.41) is 12.6. The SMILES string of the molecule is COC(=O)c1c(C(=O)O)ccc2cc3ccccc3cc12. The molecule has 4 heteroatoms. The normalized spacial score (nSPS) is 10.7. The fraction of sp³-hybridized carbons (Fsp3) is 0.0588. The van der Waals surface area contributed by atoms with Gasteiger partial charge in [0.25, 0.3) is 0 Å². The quantitative estimate of drug-likeness (QED) is 0.576. The smallest absolute Gasteiger partial charge is 0.339 e. The predicted octanol–water partition coefficient (Wildman–Crippen LogP) is 3.48. The molecule has 0 spiro atoms. The van der Waals surface area contributed by atoms with Crippen molar-refractivity contribution in [1.29, 1.82) is 0 Å². The summed E-state index contributed by atoms with van der Waals surface area (Å²) < 4.78 is 4.74. The van der Waals surface area contributed by atoms with E-state index in [1.807, 2.05) is 36.4 Å². The first-order valence-corrected chi connectivity index (χ1v) is 6.39. The highest BCUT2D eigenvalue weighted by molar-refractivity contribution is 6.14. The standard InChI is InChI=1S/C17H12O4/c1-21-17(20)15-13(16(18)19)7-6-12-8-10-4-2-3-5-11(10)9-14(12)15/h2-9H,1H3,(H,18,19). The number of ether oxygens (including phenoxy) is 1. The molecule has 0 unspecified atom stereocenters. The van der Waals surface area contributed by atoms with E-state index in [0.29, 0.717) is 5.39 Å². The molecular weight excluding hydrogens is 268 g/mol. The lowest BCUT2D eigenvalue weighted by atomic mass is 9.96. The minimum atomic E-state index is -1.15. The molecule has 0 radical (unpaired) electrons. The number of methoxy groups -OCH3 is 1. The first kappa shape index (κ1) is 13.1. The zero-order chi connectivity index (χ0) is 15.0. The molecule has 1 N–H and O–H groups in total.